The number of hydrogen-bond donors (Lipinski definition) is 3. The van der Waals surface area contributed by atoms with Crippen LogP contribution >= 0.6 is 19.2 Å². The maximum atomic E-state index is 10.8. The molecule has 1 unspecified atom stereocenters. The first kappa shape index (κ1) is 23.6. The molecule has 1 aromatic carbocycles. The van der Waals surface area contributed by atoms with E-state index in [1.54, 1.807) is 18.3 Å². The first-order valence-electron chi connectivity index (χ1n) is 9.31. The highest BCUT2D eigenvalue weighted by Crippen LogP contribution is 2.37. The van der Waals surface area contributed by atoms with Gasteiger partial charge in [0.25, 0.3) is 0 Å². The molecule has 0 bridgehead atoms. The van der Waals surface area contributed by atoms with Gasteiger partial charge in [-0.05, 0) is 69.0 Å². The smallest absolute Gasteiger partial charge is 0.469 e. The molecule has 1 heterocycles. The minimum atomic E-state index is -4.50. The summed E-state index contributed by atoms with van der Waals surface area (Å²) in [4.78, 5) is 19.7. The average Bonchev–Trinajstić information content (AvgIpc) is 3.09. The van der Waals surface area contributed by atoms with Crippen LogP contribution in [-0.4, -0.2) is 28.5 Å². The second-order valence-electron chi connectivity index (χ2n) is 7.33. The number of benzene rings is 1. The second kappa shape index (κ2) is 10.4. The van der Waals surface area contributed by atoms with Gasteiger partial charge in [0.05, 0.1) is 18.1 Å². The normalized spacial score (nSPS) is 13.4. The van der Waals surface area contributed by atoms with E-state index in [-0.39, 0.29) is 6.61 Å². The summed E-state index contributed by atoms with van der Waals surface area (Å²) < 4.78 is 21.1. The first-order chi connectivity index (χ1) is 13.5. The van der Waals surface area contributed by atoms with Gasteiger partial charge in [-0.25, -0.2) is 4.57 Å². The van der Waals surface area contributed by atoms with E-state index in [2.05, 4.69) is 30.2 Å². The SMILES string of the molecule is Cc1ccc(OCCC#Cc2ccc(CCC(C)(N)COP(=O)(O)O)s2)cc1C. The molecule has 0 fully saturated rings. The van der Waals surface area contributed by atoms with Crippen molar-refractivity contribution in [3.63, 3.8) is 0 Å². The number of rotatable bonds is 9. The Hall–Kier alpha value is -1.65. The highest BCUT2D eigenvalue weighted by molar-refractivity contribution is 7.46. The van der Waals surface area contributed by atoms with Gasteiger partial charge in [0.2, 0.25) is 0 Å². The van der Waals surface area contributed by atoms with E-state index in [1.165, 1.54) is 11.1 Å². The van der Waals surface area contributed by atoms with Crippen molar-refractivity contribution in [2.75, 3.05) is 13.2 Å². The van der Waals surface area contributed by atoms with Crippen molar-refractivity contribution in [2.24, 2.45) is 5.73 Å². The lowest BCUT2D eigenvalue weighted by Crippen LogP contribution is -2.41. The first-order valence-corrected chi connectivity index (χ1v) is 11.7. The summed E-state index contributed by atoms with van der Waals surface area (Å²) in [5, 5.41) is 0. The highest BCUT2D eigenvalue weighted by Gasteiger charge is 2.24. The third-order valence-corrected chi connectivity index (χ3v) is 5.88. The summed E-state index contributed by atoms with van der Waals surface area (Å²) >= 11 is 1.59. The van der Waals surface area contributed by atoms with Gasteiger partial charge < -0.3 is 20.3 Å². The molecule has 0 aliphatic carbocycles. The van der Waals surface area contributed by atoms with Crippen molar-refractivity contribution in [2.45, 2.75) is 45.6 Å². The van der Waals surface area contributed by atoms with Crippen molar-refractivity contribution in [3.05, 3.63) is 51.2 Å². The Morgan fingerprint density at radius 3 is 2.66 bits per heavy atom. The monoisotopic (exact) mass is 437 g/mol. The predicted octanol–water partition coefficient (Wildman–Crippen LogP) is 3.94. The van der Waals surface area contributed by atoms with Gasteiger partial charge >= 0.3 is 7.82 Å². The van der Waals surface area contributed by atoms with E-state index >= 15 is 0 Å². The largest absolute Gasteiger partial charge is 0.493 e. The molecule has 0 saturated heterocycles. The number of hydrogen-bond acceptors (Lipinski definition) is 5. The van der Waals surface area contributed by atoms with Crippen LogP contribution in [0.4, 0.5) is 0 Å². The maximum Gasteiger partial charge on any atom is 0.469 e. The molecule has 1 atom stereocenters. The van der Waals surface area contributed by atoms with Crippen LogP contribution in [0.5, 0.6) is 5.75 Å². The van der Waals surface area contributed by atoms with Crippen molar-refractivity contribution in [3.8, 4) is 17.6 Å². The highest BCUT2D eigenvalue weighted by atomic mass is 32.1. The molecule has 4 N–H and O–H groups in total. The zero-order chi connectivity index (χ0) is 21.5. The Kier molecular flexibility index (Phi) is 8.47. The summed E-state index contributed by atoms with van der Waals surface area (Å²) in [6.07, 6.45) is 1.88. The fourth-order valence-electron chi connectivity index (χ4n) is 2.47. The lowest BCUT2D eigenvalue weighted by atomic mass is 9.98. The molecule has 2 aromatic rings. The Bertz CT molecular complexity index is 923. The Labute approximate surface area is 176 Å². The van der Waals surface area contributed by atoms with Crippen molar-refractivity contribution in [1.82, 2.24) is 0 Å². The molecule has 1 aromatic heterocycles. The molecular formula is C21H28NO5PS. The minimum Gasteiger partial charge on any atom is -0.493 e. The van der Waals surface area contributed by atoms with E-state index in [9.17, 15) is 4.57 Å². The number of phosphoric ester groups is 1. The summed E-state index contributed by atoms with van der Waals surface area (Å²) in [7, 11) is -4.50. The number of thiophene rings is 1. The van der Waals surface area contributed by atoms with Crippen molar-refractivity contribution in [1.29, 1.82) is 0 Å². The summed E-state index contributed by atoms with van der Waals surface area (Å²) in [6.45, 7) is 6.19. The van der Waals surface area contributed by atoms with Crippen LogP contribution in [0.1, 0.15) is 40.6 Å². The topological polar surface area (TPSA) is 102 Å². The van der Waals surface area contributed by atoms with Crippen LogP contribution in [0.25, 0.3) is 0 Å². The Morgan fingerprint density at radius 1 is 1.21 bits per heavy atom. The second-order valence-corrected chi connectivity index (χ2v) is 9.74. The average molecular weight is 437 g/mol. The zero-order valence-corrected chi connectivity index (χ0v) is 18.7. The summed E-state index contributed by atoms with van der Waals surface area (Å²) in [6, 6.07) is 10.0. The van der Waals surface area contributed by atoms with Crippen LogP contribution in [0.3, 0.4) is 0 Å². The van der Waals surface area contributed by atoms with Crippen LogP contribution in [0, 0.1) is 25.7 Å². The number of phosphoric acid groups is 1. The van der Waals surface area contributed by atoms with E-state index in [0.29, 0.717) is 25.9 Å². The molecule has 0 aliphatic heterocycles. The van der Waals surface area contributed by atoms with Gasteiger partial charge in [0.15, 0.2) is 0 Å². The molecule has 8 heteroatoms. The minimum absolute atomic E-state index is 0.199. The van der Waals surface area contributed by atoms with E-state index < -0.39 is 13.4 Å². The van der Waals surface area contributed by atoms with Crippen LogP contribution < -0.4 is 10.5 Å². The van der Waals surface area contributed by atoms with Crippen LogP contribution in [0.2, 0.25) is 0 Å². The lowest BCUT2D eigenvalue weighted by molar-refractivity contribution is 0.154. The molecule has 6 nitrogen and oxygen atoms in total. The summed E-state index contributed by atoms with van der Waals surface area (Å²) in [5.41, 5.74) is 7.69. The molecule has 0 spiro atoms. The Balaban J connectivity index is 1.76. The predicted molar refractivity (Wildman–Crippen MR) is 116 cm³/mol. The molecule has 29 heavy (non-hydrogen) atoms. The molecule has 2 rings (SSSR count). The molecule has 158 valence electrons. The molecule has 0 radical (unpaired) electrons. The molecular weight excluding hydrogens is 409 g/mol. The fourth-order valence-corrected chi connectivity index (χ4v) is 3.81. The van der Waals surface area contributed by atoms with E-state index in [4.69, 9.17) is 20.3 Å². The molecule has 0 saturated carbocycles. The van der Waals surface area contributed by atoms with Gasteiger partial charge in [0.1, 0.15) is 5.75 Å². The molecule has 0 aliphatic rings. The number of nitrogens with two attached hydrogens (primary N) is 1. The van der Waals surface area contributed by atoms with Crippen LogP contribution in [-0.2, 0) is 15.5 Å². The number of aryl methyl sites for hydroxylation is 3. The van der Waals surface area contributed by atoms with Gasteiger partial charge in [-0.1, -0.05) is 17.9 Å². The molecule has 0 amide bonds. The standard InChI is InChI=1S/C21H28NO5PS/c1-16-7-8-18(14-17(16)2)26-13-5-4-6-19-9-10-20(29-19)11-12-21(3,22)15-27-28(23,24)25/h7-10,14H,5,11-13,15,22H2,1-3H3,(H2,23,24,25). The Morgan fingerprint density at radius 2 is 1.97 bits per heavy atom. The van der Waals surface area contributed by atoms with Gasteiger partial charge in [0, 0.05) is 16.8 Å². The fraction of sp³-hybridized carbons (Fsp3) is 0.429. The quantitative estimate of drug-likeness (QED) is 0.312. The van der Waals surface area contributed by atoms with Gasteiger partial charge in [-0.15, -0.1) is 11.3 Å². The van der Waals surface area contributed by atoms with E-state index in [1.807, 2.05) is 30.3 Å². The number of ether oxygens (including phenoxy) is 1. The van der Waals surface area contributed by atoms with Gasteiger partial charge in [-0.2, -0.15) is 0 Å². The lowest BCUT2D eigenvalue weighted by Gasteiger charge is -2.24. The van der Waals surface area contributed by atoms with Crippen molar-refractivity contribution >= 4 is 19.2 Å². The van der Waals surface area contributed by atoms with E-state index in [0.717, 1.165) is 15.5 Å². The third kappa shape index (κ3) is 9.14. The maximum absolute atomic E-state index is 10.8. The third-order valence-electron chi connectivity index (χ3n) is 4.35. The van der Waals surface area contributed by atoms with Crippen LogP contribution in [0.15, 0.2) is 30.3 Å². The summed E-state index contributed by atoms with van der Waals surface area (Å²) in [5.74, 6) is 7.13. The van der Waals surface area contributed by atoms with Crippen molar-refractivity contribution < 1.29 is 23.6 Å². The van der Waals surface area contributed by atoms with Gasteiger partial charge in [-0.3, -0.25) is 4.52 Å². The zero-order valence-electron chi connectivity index (χ0n) is 17.0.